The lowest BCUT2D eigenvalue weighted by atomic mass is 10.2. The highest BCUT2D eigenvalue weighted by molar-refractivity contribution is 5.52. The first-order chi connectivity index (χ1) is 12.3. The van der Waals surface area contributed by atoms with E-state index in [0.29, 0.717) is 5.56 Å². The fourth-order valence-electron chi connectivity index (χ4n) is 3.53. The number of hydrogen-bond acceptors (Lipinski definition) is 6. The van der Waals surface area contributed by atoms with Crippen LogP contribution in [0.1, 0.15) is 18.4 Å². The van der Waals surface area contributed by atoms with Gasteiger partial charge < -0.3 is 14.7 Å². The highest BCUT2D eigenvalue weighted by atomic mass is 15.3. The van der Waals surface area contributed by atoms with E-state index in [1.807, 2.05) is 36.5 Å². The van der Waals surface area contributed by atoms with Crippen LogP contribution < -0.4 is 14.7 Å². The van der Waals surface area contributed by atoms with E-state index in [-0.39, 0.29) is 0 Å². The Hall–Kier alpha value is -2.81. The molecule has 6 nitrogen and oxygen atoms in total. The number of piperazine rings is 1. The first-order valence-corrected chi connectivity index (χ1v) is 8.91. The molecule has 0 unspecified atom stereocenters. The van der Waals surface area contributed by atoms with Gasteiger partial charge in [0.15, 0.2) is 0 Å². The molecule has 3 heterocycles. The van der Waals surface area contributed by atoms with Crippen molar-refractivity contribution in [2.24, 2.45) is 0 Å². The van der Waals surface area contributed by atoms with Gasteiger partial charge in [-0.05, 0) is 43.2 Å². The Bertz CT molecular complexity index is 752. The summed E-state index contributed by atoms with van der Waals surface area (Å²) >= 11 is 0. The topological polar surface area (TPSA) is 59.3 Å². The Morgan fingerprint density at radius 3 is 2.16 bits per heavy atom. The summed E-state index contributed by atoms with van der Waals surface area (Å²) in [7, 11) is 0. The molecule has 1 aromatic carbocycles. The fraction of sp³-hybridized carbons (Fsp3) is 0.421. The predicted molar refractivity (Wildman–Crippen MR) is 99.1 cm³/mol. The maximum atomic E-state index is 8.91. The highest BCUT2D eigenvalue weighted by Crippen LogP contribution is 2.22. The monoisotopic (exact) mass is 334 g/mol. The second-order valence-corrected chi connectivity index (χ2v) is 6.54. The first-order valence-electron chi connectivity index (χ1n) is 8.91. The summed E-state index contributed by atoms with van der Waals surface area (Å²) in [4.78, 5) is 16.2. The Morgan fingerprint density at radius 1 is 0.800 bits per heavy atom. The molecule has 0 saturated carbocycles. The molecule has 2 aliphatic rings. The second-order valence-electron chi connectivity index (χ2n) is 6.54. The molecular weight excluding hydrogens is 312 g/mol. The van der Waals surface area contributed by atoms with E-state index < -0.39 is 0 Å². The standard InChI is InChI=1S/C19H22N6/c20-15-16-3-5-17(6-4-16)23-11-13-25(14-12-23)19-21-8-7-18(22-19)24-9-1-2-10-24/h3-8H,1-2,9-14H2. The van der Waals surface area contributed by atoms with Crippen LogP contribution in [0.2, 0.25) is 0 Å². The van der Waals surface area contributed by atoms with Crippen molar-refractivity contribution in [3.63, 3.8) is 0 Å². The Morgan fingerprint density at radius 2 is 1.48 bits per heavy atom. The average molecular weight is 334 g/mol. The van der Waals surface area contributed by atoms with Gasteiger partial charge in [0.2, 0.25) is 5.95 Å². The normalized spacial score (nSPS) is 17.6. The van der Waals surface area contributed by atoms with E-state index in [2.05, 4.69) is 25.8 Å². The van der Waals surface area contributed by atoms with Gasteiger partial charge in [0.05, 0.1) is 11.6 Å². The number of rotatable bonds is 3. The zero-order chi connectivity index (χ0) is 17.1. The summed E-state index contributed by atoms with van der Waals surface area (Å²) in [5.41, 5.74) is 1.87. The minimum Gasteiger partial charge on any atom is -0.368 e. The number of nitrogens with zero attached hydrogens (tertiary/aromatic N) is 6. The van der Waals surface area contributed by atoms with Gasteiger partial charge in [-0.15, -0.1) is 0 Å². The van der Waals surface area contributed by atoms with Crippen LogP contribution in [0, 0.1) is 11.3 Å². The van der Waals surface area contributed by atoms with Crippen LogP contribution in [-0.2, 0) is 0 Å². The quantitative estimate of drug-likeness (QED) is 0.858. The summed E-state index contributed by atoms with van der Waals surface area (Å²) in [6, 6.07) is 12.0. The Labute approximate surface area is 148 Å². The molecule has 1 aromatic heterocycles. The number of nitriles is 1. The largest absolute Gasteiger partial charge is 0.368 e. The smallest absolute Gasteiger partial charge is 0.227 e. The molecule has 0 bridgehead atoms. The van der Waals surface area contributed by atoms with Crippen molar-refractivity contribution in [1.82, 2.24) is 9.97 Å². The molecule has 0 atom stereocenters. The van der Waals surface area contributed by atoms with E-state index in [1.54, 1.807) is 0 Å². The average Bonchev–Trinajstić information content (AvgIpc) is 3.23. The van der Waals surface area contributed by atoms with Crippen LogP contribution >= 0.6 is 0 Å². The van der Waals surface area contributed by atoms with E-state index in [9.17, 15) is 0 Å². The third-order valence-electron chi connectivity index (χ3n) is 4.98. The molecule has 2 aliphatic heterocycles. The molecule has 4 rings (SSSR count). The van der Waals surface area contributed by atoms with Gasteiger partial charge in [0.25, 0.3) is 0 Å². The van der Waals surface area contributed by atoms with Crippen LogP contribution in [-0.4, -0.2) is 49.2 Å². The molecule has 0 spiro atoms. The predicted octanol–water partition coefficient (Wildman–Crippen LogP) is 2.28. The van der Waals surface area contributed by atoms with Crippen LogP contribution in [0.25, 0.3) is 0 Å². The van der Waals surface area contributed by atoms with Gasteiger partial charge in [-0.1, -0.05) is 0 Å². The molecule has 128 valence electrons. The van der Waals surface area contributed by atoms with Crippen molar-refractivity contribution >= 4 is 17.5 Å². The minimum atomic E-state index is 0.703. The molecule has 25 heavy (non-hydrogen) atoms. The summed E-state index contributed by atoms with van der Waals surface area (Å²) in [5, 5.41) is 8.91. The molecule has 2 saturated heterocycles. The van der Waals surface area contributed by atoms with Crippen molar-refractivity contribution < 1.29 is 0 Å². The summed E-state index contributed by atoms with van der Waals surface area (Å²) in [6.45, 7) is 5.88. The maximum Gasteiger partial charge on any atom is 0.227 e. The van der Waals surface area contributed by atoms with Crippen molar-refractivity contribution in [3.8, 4) is 6.07 Å². The fourth-order valence-corrected chi connectivity index (χ4v) is 3.53. The number of aromatic nitrogens is 2. The maximum absolute atomic E-state index is 8.91. The lowest BCUT2D eigenvalue weighted by Gasteiger charge is -2.36. The van der Waals surface area contributed by atoms with E-state index in [1.165, 1.54) is 18.5 Å². The van der Waals surface area contributed by atoms with Crippen molar-refractivity contribution in [2.45, 2.75) is 12.8 Å². The molecule has 0 N–H and O–H groups in total. The summed E-state index contributed by atoms with van der Waals surface area (Å²) in [5.74, 6) is 1.89. The highest BCUT2D eigenvalue weighted by Gasteiger charge is 2.21. The van der Waals surface area contributed by atoms with E-state index in [0.717, 1.165) is 51.0 Å². The van der Waals surface area contributed by atoms with Crippen molar-refractivity contribution in [1.29, 1.82) is 5.26 Å². The van der Waals surface area contributed by atoms with E-state index >= 15 is 0 Å². The number of hydrogen-bond donors (Lipinski definition) is 0. The zero-order valence-corrected chi connectivity index (χ0v) is 14.3. The Kier molecular flexibility index (Phi) is 4.38. The second kappa shape index (κ2) is 6.98. The molecule has 0 aliphatic carbocycles. The van der Waals surface area contributed by atoms with E-state index in [4.69, 9.17) is 10.2 Å². The van der Waals surface area contributed by atoms with Gasteiger partial charge in [0.1, 0.15) is 5.82 Å². The van der Waals surface area contributed by atoms with Crippen LogP contribution in [0.15, 0.2) is 36.5 Å². The van der Waals surface area contributed by atoms with Gasteiger partial charge in [-0.2, -0.15) is 10.2 Å². The van der Waals surface area contributed by atoms with Gasteiger partial charge in [0, 0.05) is 51.2 Å². The molecular formula is C19H22N6. The molecule has 6 heteroatoms. The summed E-state index contributed by atoms with van der Waals surface area (Å²) in [6.07, 6.45) is 4.38. The minimum absolute atomic E-state index is 0.703. The van der Waals surface area contributed by atoms with Crippen molar-refractivity contribution in [3.05, 3.63) is 42.1 Å². The van der Waals surface area contributed by atoms with Gasteiger partial charge in [-0.25, -0.2) is 4.98 Å². The molecule has 0 radical (unpaired) electrons. The van der Waals surface area contributed by atoms with Crippen LogP contribution in [0.5, 0.6) is 0 Å². The van der Waals surface area contributed by atoms with Crippen LogP contribution in [0.3, 0.4) is 0 Å². The third kappa shape index (κ3) is 3.36. The number of benzene rings is 1. The van der Waals surface area contributed by atoms with Gasteiger partial charge >= 0.3 is 0 Å². The Balaban J connectivity index is 1.41. The SMILES string of the molecule is N#Cc1ccc(N2CCN(c3nccc(N4CCCC4)n3)CC2)cc1. The first kappa shape index (κ1) is 15.7. The molecule has 2 fully saturated rings. The van der Waals surface area contributed by atoms with Crippen LogP contribution in [0.4, 0.5) is 17.5 Å². The number of anilines is 3. The van der Waals surface area contributed by atoms with Crippen molar-refractivity contribution in [2.75, 3.05) is 54.0 Å². The lowest BCUT2D eigenvalue weighted by molar-refractivity contribution is 0.639. The lowest BCUT2D eigenvalue weighted by Crippen LogP contribution is -2.47. The molecule has 2 aromatic rings. The summed E-state index contributed by atoms with van der Waals surface area (Å²) < 4.78 is 0. The zero-order valence-electron chi connectivity index (χ0n) is 14.3. The molecule has 0 amide bonds. The van der Waals surface area contributed by atoms with Gasteiger partial charge in [-0.3, -0.25) is 0 Å². The third-order valence-corrected chi connectivity index (χ3v) is 4.98.